The third-order valence-electron chi connectivity index (χ3n) is 6.00. The highest BCUT2D eigenvalue weighted by atomic mass is 16.3. The van der Waals surface area contributed by atoms with Gasteiger partial charge in [-0.05, 0) is 50.7 Å². The van der Waals surface area contributed by atoms with Gasteiger partial charge in [0.25, 0.3) is 0 Å². The van der Waals surface area contributed by atoms with Crippen molar-refractivity contribution in [1.29, 1.82) is 5.26 Å². The Hall–Kier alpha value is -3.34. The van der Waals surface area contributed by atoms with E-state index in [4.69, 9.17) is 9.68 Å². The number of nitrogens with zero attached hydrogens (tertiary/aromatic N) is 2. The van der Waals surface area contributed by atoms with Gasteiger partial charge in [0.05, 0.1) is 18.2 Å². The molecular formula is C23H22N2O5. The van der Waals surface area contributed by atoms with Crippen molar-refractivity contribution in [2.24, 2.45) is 0 Å². The van der Waals surface area contributed by atoms with Crippen molar-refractivity contribution in [2.75, 3.05) is 20.2 Å². The molecule has 2 aromatic carbocycles. The fraction of sp³-hybridized carbons (Fsp3) is 0.304. The number of hydrogen-bond acceptors (Lipinski definition) is 7. The van der Waals surface area contributed by atoms with Crippen LogP contribution in [0, 0.1) is 18.3 Å². The number of benzene rings is 2. The van der Waals surface area contributed by atoms with Crippen LogP contribution in [0.25, 0.3) is 22.3 Å². The summed E-state index contributed by atoms with van der Waals surface area (Å²) < 4.78 is 6.11. The summed E-state index contributed by atoms with van der Waals surface area (Å²) in [6, 6.07) is 9.35. The quantitative estimate of drug-likeness (QED) is 0.612. The molecule has 1 saturated heterocycles. The predicted molar refractivity (Wildman–Crippen MR) is 112 cm³/mol. The molecule has 0 amide bonds. The minimum Gasteiger partial charge on any atom is -0.507 e. The van der Waals surface area contributed by atoms with Gasteiger partial charge in [0.1, 0.15) is 28.2 Å². The largest absolute Gasteiger partial charge is 0.507 e. The Morgan fingerprint density at radius 3 is 2.67 bits per heavy atom. The number of likely N-dealkylation sites (tertiary alicyclic amines) is 1. The lowest BCUT2D eigenvalue weighted by atomic mass is 9.89. The molecule has 2 unspecified atom stereocenters. The molecule has 1 aliphatic rings. The second kappa shape index (κ2) is 7.48. The standard InChI is InChI=1S/C23H22N2O5/c1-12-7-13(10-24)3-4-14(12)20-9-19(29)22-18(28)8-17(27)21(23(22)30-20)15-5-6-25(2)16(15)11-26/h3-4,7-9,15-16,26-28H,5-6,11H2,1-2H3. The lowest BCUT2D eigenvalue weighted by Gasteiger charge is -2.24. The van der Waals surface area contributed by atoms with E-state index in [0.29, 0.717) is 23.1 Å². The molecule has 4 rings (SSSR count). The minimum atomic E-state index is -0.430. The van der Waals surface area contributed by atoms with Gasteiger partial charge in [0, 0.05) is 35.2 Å². The second-order valence-corrected chi connectivity index (χ2v) is 7.77. The molecule has 30 heavy (non-hydrogen) atoms. The van der Waals surface area contributed by atoms with Gasteiger partial charge in [-0.15, -0.1) is 0 Å². The summed E-state index contributed by atoms with van der Waals surface area (Å²) in [6.07, 6.45) is 0.666. The topological polar surface area (TPSA) is 118 Å². The Morgan fingerprint density at radius 2 is 2.00 bits per heavy atom. The van der Waals surface area contributed by atoms with Crippen molar-refractivity contribution in [3.05, 3.63) is 57.2 Å². The molecule has 0 aliphatic carbocycles. The zero-order valence-corrected chi connectivity index (χ0v) is 16.7. The number of aryl methyl sites for hydroxylation is 1. The molecule has 1 aromatic heterocycles. The van der Waals surface area contributed by atoms with Crippen molar-refractivity contribution in [1.82, 2.24) is 4.90 Å². The van der Waals surface area contributed by atoms with Crippen LogP contribution in [-0.4, -0.2) is 46.5 Å². The summed E-state index contributed by atoms with van der Waals surface area (Å²) in [4.78, 5) is 14.9. The van der Waals surface area contributed by atoms with Gasteiger partial charge in [-0.3, -0.25) is 4.79 Å². The van der Waals surface area contributed by atoms with Crippen LogP contribution >= 0.6 is 0 Å². The molecule has 1 aliphatic heterocycles. The molecule has 7 nitrogen and oxygen atoms in total. The molecule has 0 spiro atoms. The Labute approximate surface area is 173 Å². The zero-order valence-electron chi connectivity index (χ0n) is 16.7. The van der Waals surface area contributed by atoms with Crippen molar-refractivity contribution in [2.45, 2.75) is 25.3 Å². The van der Waals surface area contributed by atoms with Crippen LogP contribution < -0.4 is 5.43 Å². The van der Waals surface area contributed by atoms with E-state index in [1.54, 1.807) is 18.2 Å². The second-order valence-electron chi connectivity index (χ2n) is 7.77. The molecular weight excluding hydrogens is 384 g/mol. The van der Waals surface area contributed by atoms with Crippen LogP contribution in [0.2, 0.25) is 0 Å². The molecule has 0 radical (unpaired) electrons. The molecule has 0 bridgehead atoms. The Bertz CT molecular complexity index is 1240. The smallest absolute Gasteiger partial charge is 0.197 e. The first kappa shape index (κ1) is 20.0. The van der Waals surface area contributed by atoms with E-state index in [0.717, 1.165) is 18.2 Å². The third-order valence-corrected chi connectivity index (χ3v) is 6.00. The molecule has 3 aromatic rings. The number of aliphatic hydroxyl groups is 1. The van der Waals surface area contributed by atoms with Gasteiger partial charge in [-0.2, -0.15) is 5.26 Å². The van der Waals surface area contributed by atoms with E-state index in [2.05, 4.69) is 6.07 Å². The molecule has 2 atom stereocenters. The average molecular weight is 406 g/mol. The number of fused-ring (bicyclic) bond motifs is 1. The van der Waals surface area contributed by atoms with Crippen molar-refractivity contribution < 1.29 is 19.7 Å². The lowest BCUT2D eigenvalue weighted by molar-refractivity contribution is 0.172. The molecule has 154 valence electrons. The van der Waals surface area contributed by atoms with E-state index in [1.165, 1.54) is 6.07 Å². The molecule has 0 saturated carbocycles. The average Bonchev–Trinajstić information content (AvgIpc) is 3.07. The van der Waals surface area contributed by atoms with Gasteiger partial charge in [0.15, 0.2) is 5.43 Å². The maximum absolute atomic E-state index is 12.9. The number of likely N-dealkylation sites (N-methyl/N-ethyl adjacent to an activating group) is 1. The fourth-order valence-electron chi connectivity index (χ4n) is 4.43. The molecule has 1 fully saturated rings. The van der Waals surface area contributed by atoms with Crippen LogP contribution in [0.5, 0.6) is 11.5 Å². The first-order valence-electron chi connectivity index (χ1n) is 9.70. The SMILES string of the molecule is Cc1cc(C#N)ccc1-c1cc(=O)c2c(O)cc(O)c(C3CCN(C)C3CO)c2o1. The first-order chi connectivity index (χ1) is 14.3. The maximum atomic E-state index is 12.9. The number of phenols is 2. The summed E-state index contributed by atoms with van der Waals surface area (Å²) in [5.74, 6) is -0.498. The van der Waals surface area contributed by atoms with E-state index in [-0.39, 0.29) is 46.8 Å². The van der Waals surface area contributed by atoms with E-state index in [1.807, 2.05) is 18.9 Å². The van der Waals surface area contributed by atoms with Crippen molar-refractivity contribution in [3.8, 4) is 28.9 Å². The number of rotatable bonds is 3. The van der Waals surface area contributed by atoms with E-state index in [9.17, 15) is 20.1 Å². The number of aliphatic hydroxyl groups excluding tert-OH is 1. The van der Waals surface area contributed by atoms with Crippen LogP contribution in [0.1, 0.15) is 29.0 Å². The van der Waals surface area contributed by atoms with Crippen LogP contribution in [0.4, 0.5) is 0 Å². The summed E-state index contributed by atoms with van der Waals surface area (Å²) in [5.41, 5.74) is 2.00. The van der Waals surface area contributed by atoms with Gasteiger partial charge in [-0.1, -0.05) is 0 Å². The number of hydrogen-bond donors (Lipinski definition) is 3. The normalized spacial score (nSPS) is 19.3. The minimum absolute atomic E-state index is 0.00379. The van der Waals surface area contributed by atoms with Crippen LogP contribution in [0.15, 0.2) is 39.5 Å². The van der Waals surface area contributed by atoms with Crippen LogP contribution in [-0.2, 0) is 0 Å². The first-order valence-corrected chi connectivity index (χ1v) is 9.70. The molecule has 3 N–H and O–H groups in total. The van der Waals surface area contributed by atoms with Crippen molar-refractivity contribution in [3.63, 3.8) is 0 Å². The monoisotopic (exact) mass is 406 g/mol. The van der Waals surface area contributed by atoms with Gasteiger partial charge < -0.3 is 24.6 Å². The Balaban J connectivity index is 2.00. The lowest BCUT2D eigenvalue weighted by Crippen LogP contribution is -2.32. The summed E-state index contributed by atoms with van der Waals surface area (Å²) in [7, 11) is 1.89. The number of nitriles is 1. The molecule has 2 heterocycles. The van der Waals surface area contributed by atoms with Gasteiger partial charge >= 0.3 is 0 Å². The number of phenolic OH excluding ortho intramolecular Hbond substituents is 2. The summed E-state index contributed by atoms with van der Waals surface area (Å²) >= 11 is 0. The predicted octanol–water partition coefficient (Wildman–Crippen LogP) is 2.83. The number of aromatic hydroxyl groups is 2. The van der Waals surface area contributed by atoms with Gasteiger partial charge in [-0.25, -0.2) is 0 Å². The Kier molecular flexibility index (Phi) is 4.98. The Morgan fingerprint density at radius 1 is 1.23 bits per heavy atom. The van der Waals surface area contributed by atoms with Crippen LogP contribution in [0.3, 0.4) is 0 Å². The van der Waals surface area contributed by atoms with Crippen molar-refractivity contribution >= 4 is 11.0 Å². The van der Waals surface area contributed by atoms with Gasteiger partial charge in [0.2, 0.25) is 0 Å². The highest BCUT2D eigenvalue weighted by Crippen LogP contribution is 2.44. The highest BCUT2D eigenvalue weighted by Gasteiger charge is 2.36. The summed E-state index contributed by atoms with van der Waals surface area (Å²) in [6.45, 7) is 2.42. The zero-order chi connectivity index (χ0) is 21.6. The maximum Gasteiger partial charge on any atom is 0.197 e. The molecule has 7 heteroatoms. The third kappa shape index (κ3) is 3.11. The highest BCUT2D eigenvalue weighted by molar-refractivity contribution is 5.90. The van der Waals surface area contributed by atoms with E-state index >= 15 is 0 Å². The summed E-state index contributed by atoms with van der Waals surface area (Å²) in [5, 5.41) is 40.0. The fourth-order valence-corrected chi connectivity index (χ4v) is 4.43. The van der Waals surface area contributed by atoms with E-state index < -0.39 is 5.43 Å².